The van der Waals surface area contributed by atoms with Gasteiger partial charge in [-0.05, 0) is 65.5 Å². The summed E-state index contributed by atoms with van der Waals surface area (Å²) in [6.45, 7) is 4.06. The molecule has 5 nitrogen and oxygen atoms in total. The number of carboxylic acids is 1. The zero-order valence-corrected chi connectivity index (χ0v) is 21.7. The second kappa shape index (κ2) is 11.1. The topological polar surface area (TPSA) is 66.8 Å². The Hall–Kier alpha value is -3.18. The van der Waals surface area contributed by atoms with E-state index >= 15 is 0 Å². The Labute approximate surface area is 219 Å². The minimum Gasteiger partial charge on any atom is -0.481 e. The quantitative estimate of drug-likeness (QED) is 0.370. The molecule has 0 saturated carbocycles. The average Bonchev–Trinajstić information content (AvgIpc) is 2.90. The molecule has 2 aliphatic rings. The Balaban J connectivity index is 1.18. The molecular weight excluding hydrogens is 462 g/mol. The van der Waals surface area contributed by atoms with Gasteiger partial charge in [-0.2, -0.15) is 0 Å². The first-order chi connectivity index (χ1) is 18.0. The molecule has 0 unspecified atom stereocenters. The SMILES string of the molecule is C[C@@H](CCCCc1ccc(C2(C(=O)N3CC(C(=O)O)C3)CCOCC2)cc1)c1cccc2ccccc12. The van der Waals surface area contributed by atoms with Gasteiger partial charge in [0.2, 0.25) is 5.91 Å². The summed E-state index contributed by atoms with van der Waals surface area (Å²) in [5, 5.41) is 11.9. The maximum Gasteiger partial charge on any atom is 0.310 e. The lowest BCUT2D eigenvalue weighted by atomic mass is 9.72. The van der Waals surface area contributed by atoms with E-state index in [0.29, 0.717) is 45.1 Å². The number of unbranched alkanes of at least 4 members (excludes halogenated alkanes) is 1. The van der Waals surface area contributed by atoms with Crippen LogP contribution in [0.3, 0.4) is 0 Å². The van der Waals surface area contributed by atoms with Gasteiger partial charge in [-0.1, -0.05) is 80.1 Å². The summed E-state index contributed by atoms with van der Waals surface area (Å²) in [5.41, 5.74) is 3.17. The molecule has 5 rings (SSSR count). The number of likely N-dealkylation sites (tertiary alicyclic amines) is 1. The van der Waals surface area contributed by atoms with E-state index in [0.717, 1.165) is 24.8 Å². The molecule has 2 heterocycles. The van der Waals surface area contributed by atoms with Crippen molar-refractivity contribution in [3.8, 4) is 0 Å². The van der Waals surface area contributed by atoms with Crippen LogP contribution in [0.2, 0.25) is 0 Å². The highest BCUT2D eigenvalue weighted by molar-refractivity contribution is 5.90. The summed E-state index contributed by atoms with van der Waals surface area (Å²) < 4.78 is 5.59. The zero-order valence-electron chi connectivity index (χ0n) is 21.7. The largest absolute Gasteiger partial charge is 0.481 e. The molecule has 37 heavy (non-hydrogen) atoms. The maximum atomic E-state index is 13.5. The number of hydrogen-bond acceptors (Lipinski definition) is 3. The number of ether oxygens (including phenoxy) is 1. The predicted octanol–water partition coefficient (Wildman–Crippen LogP) is 5.95. The number of benzene rings is 3. The number of rotatable bonds is 9. The third kappa shape index (κ3) is 5.28. The molecule has 1 N–H and O–H groups in total. The summed E-state index contributed by atoms with van der Waals surface area (Å²) in [7, 11) is 0. The smallest absolute Gasteiger partial charge is 0.310 e. The van der Waals surface area contributed by atoms with Crippen molar-refractivity contribution in [2.24, 2.45) is 5.92 Å². The minimum absolute atomic E-state index is 0.0588. The lowest BCUT2D eigenvalue weighted by molar-refractivity contribution is -0.157. The molecule has 2 fully saturated rings. The third-order valence-corrected chi connectivity index (χ3v) is 8.49. The van der Waals surface area contributed by atoms with E-state index in [-0.39, 0.29) is 5.91 Å². The number of aryl methyl sites for hydroxylation is 1. The Morgan fingerprint density at radius 2 is 1.68 bits per heavy atom. The van der Waals surface area contributed by atoms with Crippen LogP contribution < -0.4 is 0 Å². The molecular formula is C32H37NO4. The molecule has 2 aliphatic heterocycles. The van der Waals surface area contributed by atoms with Crippen molar-refractivity contribution in [3.05, 3.63) is 83.4 Å². The fourth-order valence-corrected chi connectivity index (χ4v) is 6.05. The Morgan fingerprint density at radius 1 is 0.973 bits per heavy atom. The monoisotopic (exact) mass is 499 g/mol. The van der Waals surface area contributed by atoms with Crippen LogP contribution in [0.25, 0.3) is 10.8 Å². The van der Waals surface area contributed by atoms with Gasteiger partial charge in [0.15, 0.2) is 0 Å². The molecule has 0 spiro atoms. The van der Waals surface area contributed by atoms with E-state index in [1.165, 1.54) is 28.3 Å². The van der Waals surface area contributed by atoms with Gasteiger partial charge in [-0.15, -0.1) is 0 Å². The molecule has 0 radical (unpaired) electrons. The summed E-state index contributed by atoms with van der Waals surface area (Å²) in [6.07, 6.45) is 5.79. The van der Waals surface area contributed by atoms with Crippen molar-refractivity contribution < 1.29 is 19.4 Å². The second-order valence-electron chi connectivity index (χ2n) is 10.9. The molecule has 1 amide bonds. The predicted molar refractivity (Wildman–Crippen MR) is 146 cm³/mol. The molecule has 2 saturated heterocycles. The van der Waals surface area contributed by atoms with Crippen molar-refractivity contribution in [2.75, 3.05) is 26.3 Å². The average molecular weight is 500 g/mol. The van der Waals surface area contributed by atoms with Gasteiger partial charge in [0.1, 0.15) is 0 Å². The molecule has 3 aromatic rings. The van der Waals surface area contributed by atoms with Gasteiger partial charge >= 0.3 is 5.97 Å². The van der Waals surface area contributed by atoms with Crippen molar-refractivity contribution in [1.29, 1.82) is 0 Å². The summed E-state index contributed by atoms with van der Waals surface area (Å²) in [5.74, 6) is -0.675. The van der Waals surface area contributed by atoms with Gasteiger partial charge in [-0.25, -0.2) is 0 Å². The number of nitrogens with zero attached hydrogens (tertiary/aromatic N) is 1. The first-order valence-corrected chi connectivity index (χ1v) is 13.6. The Morgan fingerprint density at radius 3 is 2.41 bits per heavy atom. The van der Waals surface area contributed by atoms with Crippen LogP contribution in [0, 0.1) is 5.92 Å². The number of fused-ring (bicyclic) bond motifs is 1. The van der Waals surface area contributed by atoms with Crippen LogP contribution in [-0.2, 0) is 26.2 Å². The van der Waals surface area contributed by atoms with E-state index in [9.17, 15) is 14.7 Å². The summed E-state index contributed by atoms with van der Waals surface area (Å²) in [4.78, 5) is 26.4. The van der Waals surface area contributed by atoms with Crippen molar-refractivity contribution in [1.82, 2.24) is 4.90 Å². The van der Waals surface area contributed by atoms with Crippen molar-refractivity contribution >= 4 is 22.6 Å². The van der Waals surface area contributed by atoms with Crippen LogP contribution in [0.4, 0.5) is 0 Å². The number of amides is 1. The lowest BCUT2D eigenvalue weighted by Crippen LogP contribution is -2.59. The Bertz CT molecular complexity index is 1230. The number of aliphatic carboxylic acids is 1. The molecule has 0 bridgehead atoms. The van der Waals surface area contributed by atoms with Crippen LogP contribution in [0.1, 0.15) is 61.6 Å². The van der Waals surface area contributed by atoms with Crippen molar-refractivity contribution in [2.45, 2.75) is 56.8 Å². The molecule has 3 aromatic carbocycles. The molecule has 194 valence electrons. The van der Waals surface area contributed by atoms with Crippen molar-refractivity contribution in [3.63, 3.8) is 0 Å². The van der Waals surface area contributed by atoms with Gasteiger partial charge in [0.05, 0.1) is 11.3 Å². The molecule has 0 aromatic heterocycles. The van der Waals surface area contributed by atoms with E-state index < -0.39 is 17.3 Å². The lowest BCUT2D eigenvalue weighted by Gasteiger charge is -2.45. The first kappa shape index (κ1) is 25.5. The number of carbonyl (C=O) groups is 2. The molecule has 5 heteroatoms. The van der Waals surface area contributed by atoms with E-state index in [4.69, 9.17) is 4.74 Å². The highest BCUT2D eigenvalue weighted by Crippen LogP contribution is 2.39. The van der Waals surface area contributed by atoms with Crippen LogP contribution in [0.15, 0.2) is 66.7 Å². The van der Waals surface area contributed by atoms with E-state index in [2.05, 4.69) is 73.7 Å². The van der Waals surface area contributed by atoms with Gasteiger partial charge in [0.25, 0.3) is 0 Å². The van der Waals surface area contributed by atoms with Gasteiger partial charge in [0, 0.05) is 26.3 Å². The van der Waals surface area contributed by atoms with E-state index in [1.54, 1.807) is 4.90 Å². The normalized spacial score (nSPS) is 18.4. The summed E-state index contributed by atoms with van der Waals surface area (Å²) in [6, 6.07) is 23.8. The fourth-order valence-electron chi connectivity index (χ4n) is 6.05. The summed E-state index contributed by atoms with van der Waals surface area (Å²) >= 11 is 0. The molecule has 1 atom stereocenters. The second-order valence-corrected chi connectivity index (χ2v) is 10.9. The van der Waals surface area contributed by atoms with Crippen LogP contribution in [-0.4, -0.2) is 48.2 Å². The number of carboxylic acid groups (broad SMARTS) is 1. The fraction of sp³-hybridized carbons (Fsp3) is 0.438. The first-order valence-electron chi connectivity index (χ1n) is 13.6. The maximum absolute atomic E-state index is 13.5. The zero-order chi connectivity index (χ0) is 25.8. The number of hydrogen-bond donors (Lipinski definition) is 1. The number of carbonyl (C=O) groups excluding carboxylic acids is 1. The van der Waals surface area contributed by atoms with Crippen LogP contribution in [0.5, 0.6) is 0 Å². The highest BCUT2D eigenvalue weighted by atomic mass is 16.5. The third-order valence-electron chi connectivity index (χ3n) is 8.49. The standard InChI is InChI=1S/C32H37NO4/c1-23(28-12-6-10-25-9-4-5-11-29(25)28)7-2-3-8-24-13-15-27(16-14-24)32(17-19-37-20-18-32)31(36)33-21-26(22-33)30(34)35/h4-6,9-16,23,26H,2-3,7-8,17-22H2,1H3,(H,34,35)/t23-/m0/s1. The highest BCUT2D eigenvalue weighted by Gasteiger charge is 2.48. The van der Waals surface area contributed by atoms with Gasteiger partial charge < -0.3 is 14.7 Å². The van der Waals surface area contributed by atoms with Crippen LogP contribution >= 0.6 is 0 Å². The minimum atomic E-state index is -0.819. The van der Waals surface area contributed by atoms with Gasteiger partial charge in [-0.3, -0.25) is 9.59 Å². The van der Waals surface area contributed by atoms with E-state index in [1.807, 2.05) is 0 Å². The molecule has 0 aliphatic carbocycles. The Kier molecular flexibility index (Phi) is 7.61.